The van der Waals surface area contributed by atoms with Crippen LogP contribution in [-0.4, -0.2) is 4.98 Å². The first-order chi connectivity index (χ1) is 23.8. The molecule has 0 aliphatic carbocycles. The minimum absolute atomic E-state index is 0.628. The van der Waals surface area contributed by atoms with Crippen LogP contribution < -0.4 is 4.90 Å². The molecule has 0 fully saturated rings. The van der Waals surface area contributed by atoms with Gasteiger partial charge in [0.2, 0.25) is 5.89 Å². The van der Waals surface area contributed by atoms with Gasteiger partial charge in [0.15, 0.2) is 5.58 Å². The van der Waals surface area contributed by atoms with Crippen LogP contribution in [0.25, 0.3) is 66.4 Å². The Morgan fingerprint density at radius 2 is 1.04 bits per heavy atom. The molecule has 0 aliphatic heterocycles. The Bertz CT molecular complexity index is 2560. The largest absolute Gasteiger partial charge is 0.435 e. The average molecular weight is 615 g/mol. The lowest BCUT2D eigenvalue weighted by molar-refractivity contribution is 0.621. The lowest BCUT2D eigenvalue weighted by Gasteiger charge is -2.26. The predicted molar refractivity (Wildman–Crippen MR) is 200 cm³/mol. The minimum atomic E-state index is 0.628. The van der Waals surface area contributed by atoms with Crippen molar-refractivity contribution in [1.82, 2.24) is 4.98 Å². The zero-order valence-corrected chi connectivity index (χ0v) is 26.1. The lowest BCUT2D eigenvalue weighted by Crippen LogP contribution is -2.10. The third-order valence-corrected chi connectivity index (χ3v) is 9.07. The summed E-state index contributed by atoms with van der Waals surface area (Å²) in [6.45, 7) is 0. The number of benzene rings is 8. The first-order valence-electron chi connectivity index (χ1n) is 16.2. The van der Waals surface area contributed by atoms with Gasteiger partial charge in [0.05, 0.1) is 0 Å². The fourth-order valence-electron chi connectivity index (χ4n) is 6.72. The quantitative estimate of drug-likeness (QED) is 0.187. The molecule has 0 amide bonds. The van der Waals surface area contributed by atoms with Crippen LogP contribution in [0.5, 0.6) is 0 Å². The molecule has 9 aromatic rings. The van der Waals surface area contributed by atoms with Crippen molar-refractivity contribution in [3.05, 3.63) is 182 Å². The van der Waals surface area contributed by atoms with E-state index in [1.807, 2.05) is 42.5 Å². The van der Waals surface area contributed by atoms with Crippen molar-refractivity contribution in [2.75, 3.05) is 4.90 Å². The topological polar surface area (TPSA) is 29.3 Å². The van der Waals surface area contributed by atoms with E-state index >= 15 is 0 Å². The molecule has 3 nitrogen and oxygen atoms in total. The fraction of sp³-hybridized carbons (Fsp3) is 0. The van der Waals surface area contributed by atoms with E-state index in [4.69, 9.17) is 9.40 Å². The number of para-hydroxylation sites is 1. The Kier molecular flexibility index (Phi) is 6.80. The molecule has 0 radical (unpaired) electrons. The summed E-state index contributed by atoms with van der Waals surface area (Å²) in [5, 5.41) is 4.90. The van der Waals surface area contributed by atoms with Gasteiger partial charge in [-0.3, -0.25) is 0 Å². The molecule has 0 bridgehead atoms. The molecule has 1 heterocycles. The monoisotopic (exact) mass is 614 g/mol. The van der Waals surface area contributed by atoms with Gasteiger partial charge in [-0.25, -0.2) is 4.98 Å². The second kappa shape index (κ2) is 11.7. The zero-order valence-electron chi connectivity index (χ0n) is 26.1. The number of anilines is 3. The fourth-order valence-corrected chi connectivity index (χ4v) is 6.72. The third-order valence-electron chi connectivity index (χ3n) is 9.07. The molecule has 3 heteroatoms. The molecule has 0 saturated heterocycles. The standard InChI is InChI=1S/C45H30N2O/c1-2-13-34(14-3-1)45-46-43-22-10-21-42(44(43)48-45)33-24-26-37(27-25-33)47(39-28-23-31-11-4-5-15-35(31)29-39)38-18-8-17-36(30-38)41-20-9-16-32-12-6-7-19-40(32)41/h1-30H. The summed E-state index contributed by atoms with van der Waals surface area (Å²) in [7, 11) is 0. The van der Waals surface area contributed by atoms with Crippen LogP contribution in [0.3, 0.4) is 0 Å². The highest BCUT2D eigenvalue weighted by atomic mass is 16.3. The van der Waals surface area contributed by atoms with Crippen LogP contribution in [0.2, 0.25) is 0 Å². The maximum atomic E-state index is 6.36. The smallest absolute Gasteiger partial charge is 0.227 e. The molecule has 1 aromatic heterocycles. The molecule has 226 valence electrons. The highest BCUT2D eigenvalue weighted by Gasteiger charge is 2.17. The molecule has 9 rings (SSSR count). The van der Waals surface area contributed by atoms with E-state index in [0.717, 1.165) is 44.9 Å². The number of nitrogens with zero attached hydrogens (tertiary/aromatic N) is 2. The molecule has 0 aliphatic rings. The van der Waals surface area contributed by atoms with Crippen molar-refractivity contribution < 1.29 is 4.42 Å². The third kappa shape index (κ3) is 4.99. The maximum Gasteiger partial charge on any atom is 0.227 e. The van der Waals surface area contributed by atoms with Crippen LogP contribution >= 0.6 is 0 Å². The van der Waals surface area contributed by atoms with E-state index in [9.17, 15) is 0 Å². The Morgan fingerprint density at radius 3 is 1.92 bits per heavy atom. The second-order valence-corrected chi connectivity index (χ2v) is 12.0. The second-order valence-electron chi connectivity index (χ2n) is 12.0. The molecular weight excluding hydrogens is 585 g/mol. The SMILES string of the molecule is c1ccc(-c2nc3cccc(-c4ccc(N(c5cccc(-c6cccc7ccccc67)c5)c5ccc6ccccc6c5)cc4)c3o2)cc1. The molecular formula is C45H30N2O. The molecule has 0 saturated carbocycles. The van der Waals surface area contributed by atoms with Crippen LogP contribution in [0, 0.1) is 0 Å². The molecule has 0 N–H and O–H groups in total. The van der Waals surface area contributed by atoms with E-state index in [1.165, 1.54) is 32.7 Å². The van der Waals surface area contributed by atoms with Gasteiger partial charge in [-0.1, -0.05) is 127 Å². The van der Waals surface area contributed by atoms with Gasteiger partial charge in [-0.05, 0) is 92.8 Å². The van der Waals surface area contributed by atoms with Crippen LogP contribution in [0.4, 0.5) is 17.1 Å². The van der Waals surface area contributed by atoms with Crippen molar-refractivity contribution in [2.24, 2.45) is 0 Å². The van der Waals surface area contributed by atoms with Crippen molar-refractivity contribution in [3.8, 4) is 33.7 Å². The van der Waals surface area contributed by atoms with Crippen molar-refractivity contribution in [3.63, 3.8) is 0 Å². The number of oxazole rings is 1. The number of hydrogen-bond acceptors (Lipinski definition) is 3. The van der Waals surface area contributed by atoms with Crippen molar-refractivity contribution in [1.29, 1.82) is 0 Å². The summed E-state index contributed by atoms with van der Waals surface area (Å²) in [5.41, 5.74) is 10.3. The molecule has 0 spiro atoms. The highest BCUT2D eigenvalue weighted by molar-refractivity contribution is 5.98. The summed E-state index contributed by atoms with van der Waals surface area (Å²) < 4.78 is 6.36. The number of aromatic nitrogens is 1. The van der Waals surface area contributed by atoms with E-state index in [0.29, 0.717) is 5.89 Å². The molecule has 0 unspecified atom stereocenters. The van der Waals surface area contributed by atoms with Crippen LogP contribution in [0.1, 0.15) is 0 Å². The average Bonchev–Trinajstić information content (AvgIpc) is 3.61. The molecule has 0 atom stereocenters. The summed E-state index contributed by atoms with van der Waals surface area (Å²) >= 11 is 0. The van der Waals surface area contributed by atoms with Crippen LogP contribution in [0.15, 0.2) is 186 Å². The summed E-state index contributed by atoms with van der Waals surface area (Å²) in [5.74, 6) is 0.628. The van der Waals surface area contributed by atoms with Gasteiger partial charge in [0.1, 0.15) is 5.52 Å². The first kappa shape index (κ1) is 27.8. The highest BCUT2D eigenvalue weighted by Crippen LogP contribution is 2.40. The molecule has 8 aromatic carbocycles. The van der Waals surface area contributed by atoms with Gasteiger partial charge in [0.25, 0.3) is 0 Å². The van der Waals surface area contributed by atoms with Crippen molar-refractivity contribution >= 4 is 49.7 Å². The Balaban J connectivity index is 1.16. The van der Waals surface area contributed by atoms with Crippen molar-refractivity contribution in [2.45, 2.75) is 0 Å². The van der Waals surface area contributed by atoms with Gasteiger partial charge < -0.3 is 9.32 Å². The van der Waals surface area contributed by atoms with Gasteiger partial charge in [-0.2, -0.15) is 0 Å². The summed E-state index contributed by atoms with van der Waals surface area (Å²) in [6.07, 6.45) is 0. The maximum absolute atomic E-state index is 6.36. The normalized spacial score (nSPS) is 11.3. The Morgan fingerprint density at radius 1 is 0.396 bits per heavy atom. The van der Waals surface area contributed by atoms with E-state index in [1.54, 1.807) is 0 Å². The zero-order chi connectivity index (χ0) is 31.9. The van der Waals surface area contributed by atoms with E-state index in [-0.39, 0.29) is 0 Å². The lowest BCUT2D eigenvalue weighted by atomic mass is 9.97. The predicted octanol–water partition coefficient (Wildman–Crippen LogP) is 12.6. The number of hydrogen-bond donors (Lipinski definition) is 0. The van der Waals surface area contributed by atoms with Gasteiger partial charge >= 0.3 is 0 Å². The van der Waals surface area contributed by atoms with E-state index in [2.05, 4.69) is 144 Å². The van der Waals surface area contributed by atoms with Gasteiger partial charge in [0, 0.05) is 28.2 Å². The van der Waals surface area contributed by atoms with Gasteiger partial charge in [-0.15, -0.1) is 0 Å². The first-order valence-corrected chi connectivity index (χ1v) is 16.2. The Labute approximate surface area is 279 Å². The summed E-state index contributed by atoms with van der Waals surface area (Å²) in [4.78, 5) is 7.14. The number of fused-ring (bicyclic) bond motifs is 3. The minimum Gasteiger partial charge on any atom is -0.435 e. The van der Waals surface area contributed by atoms with E-state index < -0.39 is 0 Å². The number of rotatable bonds is 6. The summed E-state index contributed by atoms with van der Waals surface area (Å²) in [6, 6.07) is 64.1. The van der Waals surface area contributed by atoms with Crippen LogP contribution in [-0.2, 0) is 0 Å². The molecule has 48 heavy (non-hydrogen) atoms. The Hall–Kier alpha value is -6.45.